The maximum absolute atomic E-state index is 13.1. The maximum Gasteiger partial charge on any atom is 0.387 e. The zero-order valence-corrected chi connectivity index (χ0v) is 15.2. The quantitative estimate of drug-likeness (QED) is 0.653. The number of carbonyl (C=O) groups is 3. The Kier molecular flexibility index (Phi) is 7.58. The van der Waals surface area contributed by atoms with E-state index in [2.05, 4.69) is 15.4 Å². The summed E-state index contributed by atoms with van der Waals surface area (Å²) >= 11 is 0. The van der Waals surface area contributed by atoms with E-state index in [-0.39, 0.29) is 17.0 Å². The lowest BCUT2D eigenvalue weighted by molar-refractivity contribution is -0.152. The Morgan fingerprint density at radius 2 is 1.79 bits per heavy atom. The third-order valence-electron chi connectivity index (χ3n) is 3.51. The highest BCUT2D eigenvalue weighted by Crippen LogP contribution is 2.20. The molecule has 0 aromatic heterocycles. The molecule has 0 saturated heterocycles. The van der Waals surface area contributed by atoms with Crippen molar-refractivity contribution in [3.05, 3.63) is 59.9 Å². The van der Waals surface area contributed by atoms with Gasteiger partial charge < -0.3 is 20.1 Å². The molecule has 0 aliphatic rings. The van der Waals surface area contributed by atoms with Gasteiger partial charge in [-0.3, -0.25) is 14.4 Å². The van der Waals surface area contributed by atoms with Gasteiger partial charge in [0, 0.05) is 5.69 Å². The summed E-state index contributed by atoms with van der Waals surface area (Å²) in [7, 11) is 0. The first-order valence-corrected chi connectivity index (χ1v) is 8.34. The molecule has 2 rings (SSSR count). The number of benzene rings is 2. The standard InChI is InChI=1S/C19H17F3N2O5/c1-11(17(26)24-13-6-4-5-12(20)9-13)28-16(25)10-23-18(27)14-7-2-3-8-15(14)29-19(21)22/h2-9,11,19H,10H2,1H3,(H,23,27)(H,24,26)/t11-/m0/s1. The predicted octanol–water partition coefficient (Wildman–Crippen LogP) is 2.73. The minimum Gasteiger partial charge on any atom is -0.451 e. The minimum atomic E-state index is -3.12. The highest BCUT2D eigenvalue weighted by Gasteiger charge is 2.20. The number of esters is 1. The predicted molar refractivity (Wildman–Crippen MR) is 96.0 cm³/mol. The summed E-state index contributed by atoms with van der Waals surface area (Å²) in [6.45, 7) is -2.44. The van der Waals surface area contributed by atoms with Gasteiger partial charge in [0.05, 0.1) is 5.56 Å². The third kappa shape index (κ3) is 6.83. The number of amides is 2. The number of anilines is 1. The number of hydrogen-bond acceptors (Lipinski definition) is 5. The molecule has 2 aromatic rings. The number of ether oxygens (including phenoxy) is 2. The molecule has 10 heteroatoms. The monoisotopic (exact) mass is 410 g/mol. The Morgan fingerprint density at radius 3 is 2.48 bits per heavy atom. The summed E-state index contributed by atoms with van der Waals surface area (Å²) in [5, 5.41) is 4.57. The van der Waals surface area contributed by atoms with Crippen molar-refractivity contribution in [1.29, 1.82) is 0 Å². The lowest BCUT2D eigenvalue weighted by Gasteiger charge is -2.14. The van der Waals surface area contributed by atoms with Crippen LogP contribution in [0.1, 0.15) is 17.3 Å². The van der Waals surface area contributed by atoms with E-state index < -0.39 is 42.9 Å². The van der Waals surface area contributed by atoms with Crippen molar-refractivity contribution in [2.75, 3.05) is 11.9 Å². The molecule has 2 amide bonds. The molecule has 29 heavy (non-hydrogen) atoms. The van der Waals surface area contributed by atoms with E-state index in [0.717, 1.165) is 6.07 Å². The van der Waals surface area contributed by atoms with Crippen molar-refractivity contribution >= 4 is 23.5 Å². The number of alkyl halides is 2. The SMILES string of the molecule is C[C@H](OC(=O)CNC(=O)c1ccccc1OC(F)F)C(=O)Nc1cccc(F)c1. The largest absolute Gasteiger partial charge is 0.451 e. The summed E-state index contributed by atoms with van der Waals surface area (Å²) in [5.74, 6) is -3.38. The van der Waals surface area contributed by atoms with E-state index in [1.807, 2.05) is 0 Å². The Hall–Kier alpha value is -3.56. The van der Waals surface area contributed by atoms with E-state index in [9.17, 15) is 27.6 Å². The van der Waals surface area contributed by atoms with Gasteiger partial charge in [0.15, 0.2) is 6.10 Å². The van der Waals surface area contributed by atoms with Gasteiger partial charge in [-0.15, -0.1) is 0 Å². The lowest BCUT2D eigenvalue weighted by atomic mass is 10.2. The molecule has 154 valence electrons. The topological polar surface area (TPSA) is 93.7 Å². The first-order chi connectivity index (χ1) is 13.8. The van der Waals surface area contributed by atoms with E-state index >= 15 is 0 Å². The molecule has 0 saturated carbocycles. The average molecular weight is 410 g/mol. The van der Waals surface area contributed by atoms with Crippen LogP contribution in [0.15, 0.2) is 48.5 Å². The second kappa shape index (κ2) is 10.1. The first-order valence-electron chi connectivity index (χ1n) is 8.34. The highest BCUT2D eigenvalue weighted by atomic mass is 19.3. The Balaban J connectivity index is 1.86. The summed E-state index contributed by atoms with van der Waals surface area (Å²) in [6.07, 6.45) is -1.22. The lowest BCUT2D eigenvalue weighted by Crippen LogP contribution is -2.36. The Morgan fingerprint density at radius 1 is 1.07 bits per heavy atom. The van der Waals surface area contributed by atoms with Crippen LogP contribution in [-0.2, 0) is 14.3 Å². The Bertz CT molecular complexity index is 892. The Labute approximate surface area is 163 Å². The molecule has 2 aromatic carbocycles. The summed E-state index contributed by atoms with van der Waals surface area (Å²) in [4.78, 5) is 35.9. The van der Waals surface area contributed by atoms with Crippen molar-refractivity contribution in [2.24, 2.45) is 0 Å². The van der Waals surface area contributed by atoms with Crippen LogP contribution in [-0.4, -0.2) is 37.0 Å². The molecular weight excluding hydrogens is 393 g/mol. The van der Waals surface area contributed by atoms with E-state index in [1.54, 1.807) is 0 Å². The molecule has 0 heterocycles. The molecule has 0 aliphatic carbocycles. The zero-order valence-electron chi connectivity index (χ0n) is 15.2. The second-order valence-corrected chi connectivity index (χ2v) is 5.69. The van der Waals surface area contributed by atoms with Gasteiger partial charge in [0.25, 0.3) is 11.8 Å². The second-order valence-electron chi connectivity index (χ2n) is 5.69. The van der Waals surface area contributed by atoms with Gasteiger partial charge >= 0.3 is 12.6 Å². The fourth-order valence-corrected chi connectivity index (χ4v) is 2.20. The molecule has 0 fully saturated rings. The van der Waals surface area contributed by atoms with Gasteiger partial charge in [0.1, 0.15) is 18.1 Å². The van der Waals surface area contributed by atoms with Gasteiger partial charge in [-0.25, -0.2) is 4.39 Å². The van der Waals surface area contributed by atoms with Crippen LogP contribution in [0, 0.1) is 5.82 Å². The van der Waals surface area contributed by atoms with E-state index in [4.69, 9.17) is 4.74 Å². The van der Waals surface area contributed by atoms with Gasteiger partial charge in [0.2, 0.25) is 0 Å². The van der Waals surface area contributed by atoms with Crippen molar-refractivity contribution < 1.29 is 37.0 Å². The number of halogens is 3. The van der Waals surface area contributed by atoms with Gasteiger partial charge in [-0.1, -0.05) is 18.2 Å². The van der Waals surface area contributed by atoms with Crippen molar-refractivity contribution in [2.45, 2.75) is 19.6 Å². The van der Waals surface area contributed by atoms with Crippen LogP contribution in [0.2, 0.25) is 0 Å². The van der Waals surface area contributed by atoms with Crippen molar-refractivity contribution in [1.82, 2.24) is 5.32 Å². The molecule has 1 atom stereocenters. The molecule has 0 bridgehead atoms. The van der Waals surface area contributed by atoms with E-state index in [0.29, 0.717) is 0 Å². The number of nitrogens with one attached hydrogen (secondary N) is 2. The normalized spacial score (nSPS) is 11.5. The van der Waals surface area contributed by atoms with Crippen molar-refractivity contribution in [3.63, 3.8) is 0 Å². The molecule has 0 radical (unpaired) electrons. The average Bonchev–Trinajstić information content (AvgIpc) is 2.66. The zero-order chi connectivity index (χ0) is 21.4. The molecule has 7 nitrogen and oxygen atoms in total. The molecule has 0 unspecified atom stereocenters. The molecule has 0 aliphatic heterocycles. The van der Waals surface area contributed by atoms with Crippen LogP contribution in [0.5, 0.6) is 5.75 Å². The fourth-order valence-electron chi connectivity index (χ4n) is 2.20. The summed E-state index contributed by atoms with van der Waals surface area (Å²) in [5.41, 5.74) is -0.0145. The molecular formula is C19H17F3N2O5. The first kappa shape index (κ1) is 21.7. The van der Waals surface area contributed by atoms with Crippen LogP contribution in [0.3, 0.4) is 0 Å². The summed E-state index contributed by atoms with van der Waals surface area (Å²) in [6, 6.07) is 10.4. The number of carbonyl (C=O) groups excluding carboxylic acids is 3. The van der Waals surface area contributed by atoms with Crippen LogP contribution in [0.25, 0.3) is 0 Å². The maximum atomic E-state index is 13.1. The third-order valence-corrected chi connectivity index (χ3v) is 3.51. The van der Waals surface area contributed by atoms with Crippen molar-refractivity contribution in [3.8, 4) is 5.75 Å². The molecule has 2 N–H and O–H groups in total. The van der Waals surface area contributed by atoms with Crippen LogP contribution < -0.4 is 15.4 Å². The number of para-hydroxylation sites is 1. The van der Waals surface area contributed by atoms with Crippen LogP contribution in [0.4, 0.5) is 18.9 Å². The van der Waals surface area contributed by atoms with Gasteiger partial charge in [-0.05, 0) is 37.3 Å². The number of rotatable bonds is 8. The number of hydrogen-bond donors (Lipinski definition) is 2. The summed E-state index contributed by atoms with van der Waals surface area (Å²) < 4.78 is 47.0. The van der Waals surface area contributed by atoms with Crippen LogP contribution >= 0.6 is 0 Å². The van der Waals surface area contributed by atoms with Gasteiger partial charge in [-0.2, -0.15) is 8.78 Å². The smallest absolute Gasteiger partial charge is 0.387 e. The highest BCUT2D eigenvalue weighted by molar-refractivity contribution is 5.99. The molecule has 0 spiro atoms. The van der Waals surface area contributed by atoms with E-state index in [1.165, 1.54) is 49.4 Å². The minimum absolute atomic E-state index is 0.182. The fraction of sp³-hybridized carbons (Fsp3) is 0.211.